The van der Waals surface area contributed by atoms with E-state index in [0.717, 1.165) is 5.69 Å². The second-order valence-corrected chi connectivity index (χ2v) is 10.3. The summed E-state index contributed by atoms with van der Waals surface area (Å²) in [5.74, 6) is 0.968. The quantitative estimate of drug-likeness (QED) is 0.445. The Morgan fingerprint density at radius 1 is 0.917 bits per heavy atom. The predicted molar refractivity (Wildman–Crippen MR) is 141 cm³/mol. The maximum Gasteiger partial charge on any atom is 0.261 e. The van der Waals surface area contributed by atoms with Crippen molar-refractivity contribution in [2.75, 3.05) is 49.0 Å². The fourth-order valence-electron chi connectivity index (χ4n) is 3.84. The van der Waals surface area contributed by atoms with Gasteiger partial charge < -0.3 is 19.3 Å². The average Bonchev–Trinajstić information content (AvgIpc) is 2.89. The third kappa shape index (κ3) is 6.61. The summed E-state index contributed by atoms with van der Waals surface area (Å²) in [6.45, 7) is 4.88. The minimum absolute atomic E-state index is 0.0900. The van der Waals surface area contributed by atoms with Gasteiger partial charge >= 0.3 is 0 Å². The van der Waals surface area contributed by atoms with Crippen molar-refractivity contribution in [3.63, 3.8) is 0 Å². The third-order valence-electron chi connectivity index (χ3n) is 5.72. The molecule has 1 N–H and O–H groups in total. The number of sulfonamides is 1. The summed E-state index contributed by atoms with van der Waals surface area (Å²) in [4.78, 5) is 16.7. The van der Waals surface area contributed by atoms with Gasteiger partial charge in [0.1, 0.15) is 11.5 Å². The first-order chi connectivity index (χ1) is 17.3. The number of ether oxygens (including phenoxy) is 2. The number of benzene rings is 3. The topological polar surface area (TPSA) is 88.2 Å². The average molecular weight is 530 g/mol. The van der Waals surface area contributed by atoms with E-state index in [1.54, 1.807) is 29.2 Å². The van der Waals surface area contributed by atoms with Crippen molar-refractivity contribution in [1.29, 1.82) is 0 Å². The fraction of sp³-hybridized carbons (Fsp3) is 0.269. The number of nitrogens with zero attached hydrogens (tertiary/aromatic N) is 2. The standard InChI is InChI=1S/C26H28ClN3O5S/c1-2-34-23-8-6-21(7-9-23)28-36(32,33)25-12-10-24(11-13-25)35-19-26(31)30-16-14-29(15-17-30)22-5-3-4-20(27)18-22/h3-13,18,28H,2,14-17,19H2,1H3. The Morgan fingerprint density at radius 3 is 2.19 bits per heavy atom. The lowest BCUT2D eigenvalue weighted by molar-refractivity contribution is -0.133. The first kappa shape index (κ1) is 25.7. The second kappa shape index (κ2) is 11.5. The van der Waals surface area contributed by atoms with Crippen molar-refractivity contribution in [3.05, 3.63) is 77.8 Å². The molecule has 10 heteroatoms. The number of rotatable bonds is 9. The molecule has 0 radical (unpaired) electrons. The molecule has 1 amide bonds. The smallest absolute Gasteiger partial charge is 0.261 e. The zero-order valence-corrected chi connectivity index (χ0v) is 21.5. The van der Waals surface area contributed by atoms with Crippen LogP contribution in [0.1, 0.15) is 6.92 Å². The highest BCUT2D eigenvalue weighted by atomic mass is 35.5. The van der Waals surface area contributed by atoms with E-state index in [0.29, 0.717) is 55.0 Å². The van der Waals surface area contributed by atoms with Crippen LogP contribution in [-0.2, 0) is 14.8 Å². The number of hydrogen-bond donors (Lipinski definition) is 1. The van der Waals surface area contributed by atoms with E-state index in [-0.39, 0.29) is 17.4 Å². The summed E-state index contributed by atoms with van der Waals surface area (Å²) in [6, 6.07) is 20.3. The van der Waals surface area contributed by atoms with Crippen molar-refractivity contribution in [2.24, 2.45) is 0 Å². The van der Waals surface area contributed by atoms with Gasteiger partial charge in [-0.3, -0.25) is 9.52 Å². The van der Waals surface area contributed by atoms with Crippen molar-refractivity contribution in [2.45, 2.75) is 11.8 Å². The first-order valence-corrected chi connectivity index (χ1v) is 13.5. The highest BCUT2D eigenvalue weighted by Gasteiger charge is 2.22. The molecular weight excluding hydrogens is 502 g/mol. The van der Waals surface area contributed by atoms with Crippen LogP contribution in [0.3, 0.4) is 0 Å². The highest BCUT2D eigenvalue weighted by molar-refractivity contribution is 7.92. The van der Waals surface area contributed by atoms with E-state index < -0.39 is 10.0 Å². The van der Waals surface area contributed by atoms with Crippen LogP contribution in [0.15, 0.2) is 77.7 Å². The van der Waals surface area contributed by atoms with Gasteiger partial charge in [-0.05, 0) is 73.7 Å². The molecule has 0 aliphatic carbocycles. The number of halogens is 1. The minimum atomic E-state index is -3.77. The Balaban J connectivity index is 1.27. The van der Waals surface area contributed by atoms with Gasteiger partial charge in [0.15, 0.2) is 6.61 Å². The van der Waals surface area contributed by atoms with Gasteiger partial charge in [-0.15, -0.1) is 0 Å². The Labute approximate surface area is 216 Å². The monoisotopic (exact) mass is 529 g/mol. The molecule has 36 heavy (non-hydrogen) atoms. The molecular formula is C26H28ClN3O5S. The normalized spacial score (nSPS) is 13.8. The predicted octanol–water partition coefficient (Wildman–Crippen LogP) is 4.27. The molecule has 0 atom stereocenters. The number of amides is 1. The van der Waals surface area contributed by atoms with Crippen LogP contribution in [-0.4, -0.2) is 58.6 Å². The molecule has 0 bridgehead atoms. The lowest BCUT2D eigenvalue weighted by atomic mass is 10.2. The second-order valence-electron chi connectivity index (χ2n) is 8.17. The summed E-state index contributed by atoms with van der Waals surface area (Å²) in [6.07, 6.45) is 0. The van der Waals surface area contributed by atoms with Crippen LogP contribution in [0.25, 0.3) is 0 Å². The van der Waals surface area contributed by atoms with E-state index in [2.05, 4.69) is 9.62 Å². The van der Waals surface area contributed by atoms with Gasteiger partial charge in [0.25, 0.3) is 15.9 Å². The van der Waals surface area contributed by atoms with Gasteiger partial charge in [0.05, 0.1) is 11.5 Å². The van der Waals surface area contributed by atoms with Crippen molar-refractivity contribution < 1.29 is 22.7 Å². The van der Waals surface area contributed by atoms with Crippen LogP contribution in [0.2, 0.25) is 5.02 Å². The summed E-state index contributed by atoms with van der Waals surface area (Å²) in [7, 11) is -3.77. The van der Waals surface area contributed by atoms with Gasteiger partial charge in [0, 0.05) is 42.6 Å². The molecule has 3 aromatic rings. The van der Waals surface area contributed by atoms with Gasteiger partial charge in [-0.2, -0.15) is 0 Å². The number of nitrogens with one attached hydrogen (secondary N) is 1. The van der Waals surface area contributed by atoms with Crippen molar-refractivity contribution >= 4 is 38.9 Å². The van der Waals surface area contributed by atoms with Gasteiger partial charge in [0.2, 0.25) is 0 Å². The van der Waals surface area contributed by atoms with Crippen LogP contribution in [0.4, 0.5) is 11.4 Å². The Hall–Kier alpha value is -3.43. The zero-order valence-electron chi connectivity index (χ0n) is 19.9. The lowest BCUT2D eigenvalue weighted by Gasteiger charge is -2.36. The maximum atomic E-state index is 12.7. The molecule has 8 nitrogen and oxygen atoms in total. The number of piperazine rings is 1. The molecule has 1 aliphatic heterocycles. The minimum Gasteiger partial charge on any atom is -0.494 e. The molecule has 1 heterocycles. The third-order valence-corrected chi connectivity index (χ3v) is 7.35. The molecule has 0 unspecified atom stereocenters. The molecule has 0 spiro atoms. The van der Waals surface area contributed by atoms with Crippen molar-refractivity contribution in [3.8, 4) is 11.5 Å². The Morgan fingerprint density at radius 2 is 1.56 bits per heavy atom. The highest BCUT2D eigenvalue weighted by Crippen LogP contribution is 2.23. The number of carbonyl (C=O) groups is 1. The van der Waals surface area contributed by atoms with Crippen LogP contribution >= 0.6 is 11.6 Å². The van der Waals surface area contributed by atoms with Gasteiger partial charge in [-0.25, -0.2) is 8.42 Å². The van der Waals surface area contributed by atoms with E-state index in [9.17, 15) is 13.2 Å². The molecule has 0 aromatic heterocycles. The molecule has 4 rings (SSSR count). The van der Waals surface area contributed by atoms with Crippen molar-refractivity contribution in [1.82, 2.24) is 4.90 Å². The molecule has 3 aromatic carbocycles. The lowest BCUT2D eigenvalue weighted by Crippen LogP contribution is -2.50. The summed E-state index contributed by atoms with van der Waals surface area (Å²) < 4.78 is 38.9. The van der Waals surface area contributed by atoms with Crippen LogP contribution in [0, 0.1) is 0 Å². The molecule has 1 aliphatic rings. The zero-order chi connectivity index (χ0) is 25.5. The number of anilines is 2. The molecule has 190 valence electrons. The Kier molecular flexibility index (Phi) is 8.22. The summed E-state index contributed by atoms with van der Waals surface area (Å²) >= 11 is 6.08. The van der Waals surface area contributed by atoms with E-state index in [4.69, 9.17) is 21.1 Å². The van der Waals surface area contributed by atoms with Gasteiger partial charge in [-0.1, -0.05) is 17.7 Å². The first-order valence-electron chi connectivity index (χ1n) is 11.6. The van der Waals surface area contributed by atoms with E-state index in [1.165, 1.54) is 24.3 Å². The maximum absolute atomic E-state index is 12.7. The SMILES string of the molecule is CCOc1ccc(NS(=O)(=O)c2ccc(OCC(=O)N3CCN(c4cccc(Cl)c4)CC3)cc2)cc1. The largest absolute Gasteiger partial charge is 0.494 e. The molecule has 0 saturated carbocycles. The summed E-state index contributed by atoms with van der Waals surface area (Å²) in [5.41, 5.74) is 1.47. The number of hydrogen-bond acceptors (Lipinski definition) is 6. The molecule has 1 saturated heterocycles. The Bertz CT molecular complexity index is 1280. The van der Waals surface area contributed by atoms with E-state index in [1.807, 2.05) is 31.2 Å². The molecule has 1 fully saturated rings. The van der Waals surface area contributed by atoms with Crippen LogP contribution in [0.5, 0.6) is 11.5 Å². The van der Waals surface area contributed by atoms with Crippen LogP contribution < -0.4 is 19.1 Å². The van der Waals surface area contributed by atoms with E-state index >= 15 is 0 Å². The summed E-state index contributed by atoms with van der Waals surface area (Å²) in [5, 5.41) is 0.685. The fourth-order valence-corrected chi connectivity index (χ4v) is 5.08. The number of carbonyl (C=O) groups excluding carboxylic acids is 1.